The molecule has 0 fully saturated rings. The Labute approximate surface area is 101 Å². The van der Waals surface area contributed by atoms with Crippen LogP contribution in [0, 0.1) is 6.92 Å². The molecule has 0 saturated heterocycles. The molecule has 0 unspecified atom stereocenters. The average Bonchev–Trinajstić information content (AvgIpc) is 2.38. The summed E-state index contributed by atoms with van der Waals surface area (Å²) in [6.07, 6.45) is 3.55. The van der Waals surface area contributed by atoms with Crippen molar-refractivity contribution in [1.82, 2.24) is 4.98 Å². The third kappa shape index (κ3) is 3.04. The maximum atomic E-state index is 5.69. The first kappa shape index (κ1) is 11.6. The molecule has 0 saturated carbocycles. The molecule has 0 spiro atoms. The van der Waals surface area contributed by atoms with Gasteiger partial charge in [0.15, 0.2) is 0 Å². The van der Waals surface area contributed by atoms with Gasteiger partial charge in [-0.25, -0.2) is 0 Å². The van der Waals surface area contributed by atoms with Crippen LogP contribution in [0.25, 0.3) is 0 Å². The van der Waals surface area contributed by atoms with Crippen molar-refractivity contribution in [2.75, 3.05) is 0 Å². The number of benzene rings is 1. The summed E-state index contributed by atoms with van der Waals surface area (Å²) in [5.41, 5.74) is 8.99. The molecule has 3 heteroatoms. The SMILES string of the molecule is Cc1ccc(OCc2cnccc2CN)cc1. The zero-order chi connectivity index (χ0) is 12.1. The van der Waals surface area contributed by atoms with Gasteiger partial charge >= 0.3 is 0 Å². The molecule has 0 aliphatic heterocycles. The minimum absolute atomic E-state index is 0.503. The molecule has 0 bridgehead atoms. The summed E-state index contributed by atoms with van der Waals surface area (Å²) >= 11 is 0. The van der Waals surface area contributed by atoms with Crippen LogP contribution in [0.2, 0.25) is 0 Å². The number of aromatic nitrogens is 1. The summed E-state index contributed by atoms with van der Waals surface area (Å²) in [6, 6.07) is 9.92. The number of nitrogens with zero attached hydrogens (tertiary/aromatic N) is 1. The molecule has 1 aromatic carbocycles. The first-order chi connectivity index (χ1) is 8.29. The third-order valence-electron chi connectivity index (χ3n) is 2.64. The van der Waals surface area contributed by atoms with Gasteiger partial charge in [0.2, 0.25) is 0 Å². The van der Waals surface area contributed by atoms with E-state index in [1.54, 1.807) is 12.4 Å². The second-order valence-electron chi connectivity index (χ2n) is 3.95. The topological polar surface area (TPSA) is 48.1 Å². The highest BCUT2D eigenvalue weighted by Crippen LogP contribution is 2.15. The van der Waals surface area contributed by atoms with Crippen LogP contribution in [0.15, 0.2) is 42.7 Å². The Hall–Kier alpha value is -1.87. The standard InChI is InChI=1S/C14H16N2O/c1-11-2-4-14(5-3-11)17-10-13-9-16-7-6-12(13)8-15/h2-7,9H,8,10,15H2,1H3. The minimum atomic E-state index is 0.503. The van der Waals surface area contributed by atoms with Gasteiger partial charge in [0.25, 0.3) is 0 Å². The van der Waals surface area contributed by atoms with Gasteiger partial charge in [-0.3, -0.25) is 4.98 Å². The Morgan fingerprint density at radius 2 is 1.88 bits per heavy atom. The molecule has 3 nitrogen and oxygen atoms in total. The van der Waals surface area contributed by atoms with Crippen LogP contribution in [-0.4, -0.2) is 4.98 Å². The van der Waals surface area contributed by atoms with Crippen LogP contribution in [-0.2, 0) is 13.2 Å². The molecule has 88 valence electrons. The van der Waals surface area contributed by atoms with E-state index in [2.05, 4.69) is 11.9 Å². The third-order valence-corrected chi connectivity index (χ3v) is 2.64. The number of ether oxygens (including phenoxy) is 1. The van der Waals surface area contributed by atoms with E-state index in [1.807, 2.05) is 30.3 Å². The number of pyridine rings is 1. The van der Waals surface area contributed by atoms with Gasteiger partial charge in [0, 0.05) is 24.5 Å². The zero-order valence-corrected chi connectivity index (χ0v) is 9.89. The fraction of sp³-hybridized carbons (Fsp3) is 0.214. The highest BCUT2D eigenvalue weighted by Gasteiger charge is 2.01. The van der Waals surface area contributed by atoms with Gasteiger partial charge in [0.05, 0.1) is 0 Å². The lowest BCUT2D eigenvalue weighted by Gasteiger charge is -2.09. The second-order valence-corrected chi connectivity index (χ2v) is 3.95. The average molecular weight is 228 g/mol. The van der Waals surface area contributed by atoms with E-state index in [9.17, 15) is 0 Å². The number of hydrogen-bond donors (Lipinski definition) is 1. The Morgan fingerprint density at radius 1 is 1.12 bits per heavy atom. The summed E-state index contributed by atoms with van der Waals surface area (Å²) in [5, 5.41) is 0. The van der Waals surface area contributed by atoms with Gasteiger partial charge in [-0.1, -0.05) is 17.7 Å². The first-order valence-electron chi connectivity index (χ1n) is 5.61. The maximum Gasteiger partial charge on any atom is 0.119 e. The summed E-state index contributed by atoms with van der Waals surface area (Å²) in [7, 11) is 0. The van der Waals surface area contributed by atoms with Crippen LogP contribution in [0.5, 0.6) is 5.75 Å². The van der Waals surface area contributed by atoms with Gasteiger partial charge in [-0.15, -0.1) is 0 Å². The normalized spacial score (nSPS) is 10.2. The molecule has 2 rings (SSSR count). The molecule has 0 aliphatic rings. The van der Waals surface area contributed by atoms with E-state index in [4.69, 9.17) is 10.5 Å². The molecule has 17 heavy (non-hydrogen) atoms. The van der Waals surface area contributed by atoms with E-state index in [-0.39, 0.29) is 0 Å². The molecule has 2 aromatic rings. The summed E-state index contributed by atoms with van der Waals surface area (Å²) in [5.74, 6) is 0.863. The fourth-order valence-electron chi connectivity index (χ4n) is 1.58. The van der Waals surface area contributed by atoms with Gasteiger partial charge in [-0.05, 0) is 30.7 Å². The number of hydrogen-bond acceptors (Lipinski definition) is 3. The van der Waals surface area contributed by atoms with Crippen molar-refractivity contribution in [3.8, 4) is 5.75 Å². The summed E-state index contributed by atoms with van der Waals surface area (Å²) in [6.45, 7) is 3.07. The second kappa shape index (κ2) is 5.46. The van der Waals surface area contributed by atoms with Crippen LogP contribution in [0.3, 0.4) is 0 Å². The van der Waals surface area contributed by atoms with E-state index in [1.165, 1.54) is 5.56 Å². The van der Waals surface area contributed by atoms with Crippen LogP contribution >= 0.6 is 0 Å². The molecule has 0 amide bonds. The number of aryl methyl sites for hydroxylation is 1. The fourth-order valence-corrected chi connectivity index (χ4v) is 1.58. The highest BCUT2D eigenvalue weighted by molar-refractivity contribution is 5.28. The smallest absolute Gasteiger partial charge is 0.119 e. The quantitative estimate of drug-likeness (QED) is 0.874. The van der Waals surface area contributed by atoms with Crippen LogP contribution in [0.1, 0.15) is 16.7 Å². The maximum absolute atomic E-state index is 5.69. The van der Waals surface area contributed by atoms with Gasteiger partial charge < -0.3 is 10.5 Å². The van der Waals surface area contributed by atoms with Crippen LogP contribution < -0.4 is 10.5 Å². The summed E-state index contributed by atoms with van der Waals surface area (Å²) < 4.78 is 5.69. The molecule has 0 radical (unpaired) electrons. The molecule has 2 N–H and O–H groups in total. The molecule has 0 aliphatic carbocycles. The first-order valence-corrected chi connectivity index (χ1v) is 5.61. The van der Waals surface area contributed by atoms with Crippen molar-refractivity contribution < 1.29 is 4.74 Å². The van der Waals surface area contributed by atoms with Crippen molar-refractivity contribution in [2.24, 2.45) is 5.73 Å². The van der Waals surface area contributed by atoms with E-state index >= 15 is 0 Å². The Balaban J connectivity index is 2.04. The lowest BCUT2D eigenvalue weighted by molar-refractivity contribution is 0.304. The Kier molecular flexibility index (Phi) is 3.73. The minimum Gasteiger partial charge on any atom is -0.489 e. The molecular weight excluding hydrogens is 212 g/mol. The van der Waals surface area contributed by atoms with E-state index < -0.39 is 0 Å². The van der Waals surface area contributed by atoms with Crippen LogP contribution in [0.4, 0.5) is 0 Å². The Morgan fingerprint density at radius 3 is 2.59 bits per heavy atom. The lowest BCUT2D eigenvalue weighted by atomic mass is 10.1. The largest absolute Gasteiger partial charge is 0.489 e. The predicted molar refractivity (Wildman–Crippen MR) is 67.6 cm³/mol. The van der Waals surface area contributed by atoms with E-state index in [0.717, 1.165) is 16.9 Å². The monoisotopic (exact) mass is 228 g/mol. The van der Waals surface area contributed by atoms with Crippen molar-refractivity contribution >= 4 is 0 Å². The van der Waals surface area contributed by atoms with Gasteiger partial charge in [-0.2, -0.15) is 0 Å². The van der Waals surface area contributed by atoms with Crippen molar-refractivity contribution in [1.29, 1.82) is 0 Å². The summed E-state index contributed by atoms with van der Waals surface area (Å²) in [4.78, 5) is 4.08. The number of rotatable bonds is 4. The van der Waals surface area contributed by atoms with E-state index in [0.29, 0.717) is 13.2 Å². The van der Waals surface area contributed by atoms with Crippen molar-refractivity contribution in [2.45, 2.75) is 20.1 Å². The number of nitrogens with two attached hydrogens (primary N) is 1. The molecular formula is C14H16N2O. The zero-order valence-electron chi connectivity index (χ0n) is 9.89. The van der Waals surface area contributed by atoms with Crippen molar-refractivity contribution in [3.63, 3.8) is 0 Å². The molecule has 1 heterocycles. The molecule has 1 aromatic heterocycles. The lowest BCUT2D eigenvalue weighted by Crippen LogP contribution is -2.05. The van der Waals surface area contributed by atoms with Crippen molar-refractivity contribution in [3.05, 3.63) is 59.4 Å². The highest BCUT2D eigenvalue weighted by atomic mass is 16.5. The molecule has 0 atom stereocenters. The predicted octanol–water partition coefficient (Wildman–Crippen LogP) is 2.43. The Bertz CT molecular complexity index is 480. The van der Waals surface area contributed by atoms with Gasteiger partial charge in [0.1, 0.15) is 12.4 Å².